The van der Waals surface area contributed by atoms with Gasteiger partial charge >= 0.3 is 0 Å². The van der Waals surface area contributed by atoms with Gasteiger partial charge < -0.3 is 0 Å². The first-order valence-corrected chi connectivity index (χ1v) is 21.6. The third kappa shape index (κ3) is 9.87. The van der Waals surface area contributed by atoms with Crippen molar-refractivity contribution in [1.82, 2.24) is 0 Å². The molecule has 0 aromatic rings. The monoisotopic (exact) mass is 714 g/mol. The van der Waals surface area contributed by atoms with Crippen LogP contribution in [0.5, 0.6) is 0 Å². The second kappa shape index (κ2) is 17.1. The summed E-state index contributed by atoms with van der Waals surface area (Å²) in [5.74, 6) is 1.94. The molecule has 18 heteroatoms. The first-order chi connectivity index (χ1) is 21.4. The predicted molar refractivity (Wildman–Crippen MR) is 166 cm³/mol. The lowest BCUT2D eigenvalue weighted by Crippen LogP contribution is -2.53. The van der Waals surface area contributed by atoms with E-state index in [4.69, 9.17) is 0 Å². The summed E-state index contributed by atoms with van der Waals surface area (Å²) >= 11 is 0. The van der Waals surface area contributed by atoms with E-state index in [-0.39, 0.29) is 12.8 Å². The van der Waals surface area contributed by atoms with Gasteiger partial charge in [0.2, 0.25) is 0 Å². The molecule has 4 fully saturated rings. The average Bonchev–Trinajstić information content (AvgIpc) is 3.71. The second-order valence-electron chi connectivity index (χ2n) is 11.7. The number of nitriles is 6. The van der Waals surface area contributed by atoms with Gasteiger partial charge in [-0.1, -0.05) is 0 Å². The van der Waals surface area contributed by atoms with E-state index in [2.05, 4.69) is 0 Å². The Kier molecular flexibility index (Phi) is 15.1. The summed E-state index contributed by atoms with van der Waals surface area (Å²) in [5, 5.41) is 55.6. The molecule has 0 saturated carbocycles. The van der Waals surface area contributed by atoms with Crippen LogP contribution in [0, 0.1) is 78.8 Å². The molecule has 0 spiro atoms. The Morgan fingerprint density at radius 1 is 0.413 bits per heavy atom. The van der Waals surface area contributed by atoms with Gasteiger partial charge in [0.25, 0.3) is 0 Å². The molecule has 4 saturated heterocycles. The Morgan fingerprint density at radius 2 is 0.674 bits per heavy atom. The normalized spacial score (nSPS) is 24.0. The van der Waals surface area contributed by atoms with Crippen LogP contribution in [0.3, 0.4) is 0 Å². The highest BCUT2D eigenvalue weighted by atomic mass is 32.2. The maximum Gasteiger partial charge on any atom is 0.159 e. The third-order valence-corrected chi connectivity index (χ3v) is 17.0. The molecule has 0 aromatic carbocycles. The molecule has 0 bridgehead atoms. The van der Waals surface area contributed by atoms with Crippen molar-refractivity contribution < 1.29 is 33.7 Å². The summed E-state index contributed by atoms with van der Waals surface area (Å²) in [6.45, 7) is 0. The van der Waals surface area contributed by atoms with Crippen LogP contribution in [0.2, 0.25) is 0 Å². The Hall–Kier alpha value is -3.26. The van der Waals surface area contributed by atoms with Crippen LogP contribution >= 0.6 is 0 Å². The summed E-state index contributed by atoms with van der Waals surface area (Å²) in [7, 11) is -11.8. The van der Waals surface area contributed by atoms with Crippen molar-refractivity contribution >= 4 is 39.3 Å². The zero-order valence-corrected chi connectivity index (χ0v) is 28.8. The molecule has 0 amide bonds. The van der Waals surface area contributed by atoms with Gasteiger partial charge in [-0.25, -0.2) is 33.7 Å². The lowest BCUT2D eigenvalue weighted by Gasteiger charge is -2.47. The predicted octanol–water partition coefficient (Wildman–Crippen LogP) is 2.19. The van der Waals surface area contributed by atoms with Gasteiger partial charge in [0, 0.05) is 36.5 Å². The standard InChI is InChI=1S/C16H14N6O2S.3C4H8O2S/c17-7-1-14(2-8-18)13-25(23,24)16(5-11-21,6-12-22)15(14,3-9-19)4-10-20;3*5-7(6)3-1-2-4-7/h1-6,13H2;3*1-4H2. The molecule has 0 N–H and O–H groups in total. The van der Waals surface area contributed by atoms with E-state index >= 15 is 0 Å². The van der Waals surface area contributed by atoms with E-state index in [1.54, 1.807) is 12.1 Å². The fraction of sp³-hybridized carbons (Fsp3) is 0.786. The quantitative estimate of drug-likeness (QED) is 0.381. The molecule has 4 aliphatic heterocycles. The molecule has 4 heterocycles. The summed E-state index contributed by atoms with van der Waals surface area (Å²) in [5.41, 5.74) is -3.12. The Balaban J connectivity index is 0.000000398. The summed E-state index contributed by atoms with van der Waals surface area (Å²) in [4.78, 5) is 0. The lowest BCUT2D eigenvalue weighted by molar-refractivity contribution is 0.0432. The van der Waals surface area contributed by atoms with Crippen molar-refractivity contribution in [3.8, 4) is 36.4 Å². The lowest BCUT2D eigenvalue weighted by atomic mass is 9.52. The van der Waals surface area contributed by atoms with E-state index < -0.39 is 86.4 Å². The highest BCUT2D eigenvalue weighted by molar-refractivity contribution is 7.93. The molecule has 4 aliphatic rings. The Bertz CT molecular complexity index is 1610. The van der Waals surface area contributed by atoms with Crippen LogP contribution < -0.4 is 0 Å². The first kappa shape index (κ1) is 40.8. The van der Waals surface area contributed by atoms with E-state index in [9.17, 15) is 65.2 Å². The Labute approximate surface area is 272 Å². The van der Waals surface area contributed by atoms with Crippen LogP contribution in [0.25, 0.3) is 0 Å². The fourth-order valence-corrected chi connectivity index (χ4v) is 13.9. The zero-order chi connectivity index (χ0) is 35.2. The molecular weight excluding hydrogens is 677 g/mol. The minimum atomic E-state index is -4.13. The smallest absolute Gasteiger partial charge is 0.159 e. The molecule has 4 rings (SSSR count). The highest BCUT2D eigenvalue weighted by Crippen LogP contribution is 2.66. The summed E-state index contributed by atoms with van der Waals surface area (Å²) in [6, 6.07) is 11.0. The van der Waals surface area contributed by atoms with Crippen LogP contribution in [-0.4, -0.2) is 78.7 Å². The minimum Gasteiger partial charge on any atom is -0.229 e. The topological polar surface area (TPSA) is 279 Å². The van der Waals surface area contributed by atoms with Crippen molar-refractivity contribution in [3.05, 3.63) is 0 Å². The zero-order valence-electron chi connectivity index (χ0n) is 25.5. The molecule has 0 aromatic heterocycles. The molecule has 46 heavy (non-hydrogen) atoms. The minimum absolute atomic E-state index is 0.359. The van der Waals surface area contributed by atoms with Crippen molar-refractivity contribution in [2.24, 2.45) is 10.8 Å². The SMILES string of the molecule is N#CCC1(CC#N)CS(=O)(=O)C(CC#N)(CC#N)C1(CC#N)CC#N.O=S1(=O)CCCC1.O=S1(=O)CCCC1.O=S1(=O)CCCC1. The van der Waals surface area contributed by atoms with E-state index in [1.807, 2.05) is 24.3 Å². The van der Waals surface area contributed by atoms with Crippen molar-refractivity contribution in [3.63, 3.8) is 0 Å². The maximum atomic E-state index is 13.1. The van der Waals surface area contributed by atoms with Crippen molar-refractivity contribution in [2.75, 3.05) is 40.3 Å². The number of sulfone groups is 4. The Morgan fingerprint density at radius 3 is 0.870 bits per heavy atom. The van der Waals surface area contributed by atoms with Gasteiger partial charge in [-0.05, 0) is 38.5 Å². The van der Waals surface area contributed by atoms with Crippen molar-refractivity contribution in [2.45, 2.75) is 81.8 Å². The maximum absolute atomic E-state index is 13.1. The molecule has 0 radical (unpaired) electrons. The van der Waals surface area contributed by atoms with Gasteiger partial charge in [-0.3, -0.25) is 0 Å². The first-order valence-electron chi connectivity index (χ1n) is 14.5. The summed E-state index contributed by atoms with van der Waals surface area (Å²) in [6.07, 6.45) is 2.51. The molecule has 0 atom stereocenters. The number of hydrogen-bond donors (Lipinski definition) is 0. The fourth-order valence-electron chi connectivity index (χ4n) is 6.37. The molecule has 0 aliphatic carbocycles. The van der Waals surface area contributed by atoms with Gasteiger partial charge in [0.15, 0.2) is 9.84 Å². The second-order valence-corrected chi connectivity index (χ2v) is 20.9. The molecule has 0 unspecified atom stereocenters. The van der Waals surface area contributed by atoms with Crippen LogP contribution in [0.4, 0.5) is 0 Å². The molecule has 14 nitrogen and oxygen atoms in total. The van der Waals surface area contributed by atoms with E-state index in [0.717, 1.165) is 38.5 Å². The van der Waals surface area contributed by atoms with Crippen LogP contribution in [-0.2, 0) is 39.3 Å². The third-order valence-electron chi connectivity index (χ3n) is 8.76. The van der Waals surface area contributed by atoms with Gasteiger partial charge in [-0.2, -0.15) is 31.6 Å². The molecular formula is C28H38N6O8S4. The average molecular weight is 715 g/mol. The van der Waals surface area contributed by atoms with E-state index in [0.29, 0.717) is 34.5 Å². The summed E-state index contributed by atoms with van der Waals surface area (Å²) < 4.78 is 86.7. The van der Waals surface area contributed by atoms with Gasteiger partial charge in [0.05, 0.1) is 89.5 Å². The number of rotatable bonds is 6. The van der Waals surface area contributed by atoms with Gasteiger partial charge in [0.1, 0.15) is 34.3 Å². The van der Waals surface area contributed by atoms with Crippen LogP contribution in [0.15, 0.2) is 0 Å². The van der Waals surface area contributed by atoms with E-state index in [1.165, 1.54) is 0 Å². The highest BCUT2D eigenvalue weighted by Gasteiger charge is 2.74. The van der Waals surface area contributed by atoms with Crippen molar-refractivity contribution in [1.29, 1.82) is 31.6 Å². The van der Waals surface area contributed by atoms with Gasteiger partial charge in [-0.15, -0.1) is 0 Å². The largest absolute Gasteiger partial charge is 0.229 e. The number of nitrogens with zero attached hydrogens (tertiary/aromatic N) is 6. The molecule has 252 valence electrons. The number of hydrogen-bond acceptors (Lipinski definition) is 14. The van der Waals surface area contributed by atoms with Crippen LogP contribution in [0.1, 0.15) is 77.0 Å².